The van der Waals surface area contributed by atoms with Gasteiger partial charge in [0.05, 0.1) is 29.5 Å². The van der Waals surface area contributed by atoms with E-state index in [4.69, 9.17) is 4.74 Å². The molecule has 0 amide bonds. The summed E-state index contributed by atoms with van der Waals surface area (Å²) in [5.41, 5.74) is 2.20. The Kier molecular flexibility index (Phi) is 5.12. The largest absolute Gasteiger partial charge is 0.497 e. The van der Waals surface area contributed by atoms with Crippen molar-refractivity contribution in [2.24, 2.45) is 0 Å². The molecule has 6 nitrogen and oxygen atoms in total. The first-order valence-electron chi connectivity index (χ1n) is 8.81. The van der Waals surface area contributed by atoms with Crippen LogP contribution in [0.3, 0.4) is 0 Å². The Morgan fingerprint density at radius 3 is 2.41 bits per heavy atom. The van der Waals surface area contributed by atoms with E-state index >= 15 is 0 Å². The molecule has 0 spiro atoms. The summed E-state index contributed by atoms with van der Waals surface area (Å²) in [6, 6.07) is 21.0. The predicted molar refractivity (Wildman–Crippen MR) is 115 cm³/mol. The number of benzene rings is 3. The van der Waals surface area contributed by atoms with Gasteiger partial charge >= 0.3 is 0 Å². The summed E-state index contributed by atoms with van der Waals surface area (Å²) in [6.07, 6.45) is 0. The van der Waals surface area contributed by atoms with E-state index in [1.165, 1.54) is 19.2 Å². The molecule has 8 heteroatoms. The van der Waals surface area contributed by atoms with E-state index in [2.05, 4.69) is 4.72 Å². The second-order valence-electron chi connectivity index (χ2n) is 6.41. The van der Waals surface area contributed by atoms with Gasteiger partial charge in [-0.15, -0.1) is 0 Å². The molecule has 0 saturated carbocycles. The molecule has 0 radical (unpaired) electrons. The molecule has 0 saturated heterocycles. The molecule has 0 aliphatic carbocycles. The monoisotopic (exact) mass is 426 g/mol. The van der Waals surface area contributed by atoms with Gasteiger partial charge in [-0.3, -0.25) is 13.5 Å². The van der Waals surface area contributed by atoms with Gasteiger partial charge in [-0.25, -0.2) is 8.42 Å². The van der Waals surface area contributed by atoms with Gasteiger partial charge in [0.2, 0.25) is 0 Å². The molecule has 3 aromatic carbocycles. The van der Waals surface area contributed by atoms with Crippen LogP contribution in [0.4, 0.5) is 5.69 Å². The van der Waals surface area contributed by atoms with E-state index in [-0.39, 0.29) is 9.64 Å². The average Bonchev–Trinajstić information content (AvgIpc) is 3.03. The Morgan fingerprint density at radius 2 is 1.72 bits per heavy atom. The van der Waals surface area contributed by atoms with Crippen LogP contribution in [0.5, 0.6) is 5.75 Å². The quantitative estimate of drug-likeness (QED) is 0.507. The number of hydrogen-bond acceptors (Lipinski definition) is 5. The zero-order valence-corrected chi connectivity index (χ0v) is 17.2. The van der Waals surface area contributed by atoms with Gasteiger partial charge < -0.3 is 4.74 Å². The molecule has 0 aliphatic rings. The number of rotatable bonds is 6. The minimum absolute atomic E-state index is 0.110. The lowest BCUT2D eigenvalue weighted by Crippen LogP contribution is -2.13. The standard InChI is InChI=1S/C21H18N2O4S2/c1-27-17-8-10-18(11-9-17)29(25,26)22-16-7-12-20-19(13-16)21(24)28-23(20)14-15-5-3-2-4-6-15/h2-13,22H,14H2,1H3. The Hall–Kier alpha value is -3.10. The van der Waals surface area contributed by atoms with Crippen molar-refractivity contribution in [1.29, 1.82) is 0 Å². The minimum atomic E-state index is -3.77. The molecule has 1 N–H and O–H groups in total. The summed E-state index contributed by atoms with van der Waals surface area (Å²) < 4.78 is 34.7. The summed E-state index contributed by atoms with van der Waals surface area (Å²) in [5, 5.41) is 0.487. The van der Waals surface area contributed by atoms with Crippen LogP contribution in [0.25, 0.3) is 10.9 Å². The summed E-state index contributed by atoms with van der Waals surface area (Å²) in [7, 11) is -2.26. The smallest absolute Gasteiger partial charge is 0.261 e. The molecule has 0 unspecified atom stereocenters. The highest BCUT2D eigenvalue weighted by Gasteiger charge is 2.16. The maximum Gasteiger partial charge on any atom is 0.261 e. The van der Waals surface area contributed by atoms with Crippen LogP contribution in [0.15, 0.2) is 82.5 Å². The molecule has 0 atom stereocenters. The van der Waals surface area contributed by atoms with E-state index < -0.39 is 10.0 Å². The third-order valence-electron chi connectivity index (χ3n) is 4.47. The highest BCUT2D eigenvalue weighted by Crippen LogP contribution is 2.23. The maximum absolute atomic E-state index is 12.6. The molecule has 0 bridgehead atoms. The third kappa shape index (κ3) is 4.03. The lowest BCUT2D eigenvalue weighted by molar-refractivity contribution is 0.414. The van der Waals surface area contributed by atoms with Gasteiger partial charge in [0.1, 0.15) is 5.75 Å². The molecule has 1 aromatic heterocycles. The van der Waals surface area contributed by atoms with Crippen molar-refractivity contribution >= 4 is 38.1 Å². The van der Waals surface area contributed by atoms with E-state index in [0.717, 1.165) is 22.6 Å². The van der Waals surface area contributed by atoms with Crippen molar-refractivity contribution < 1.29 is 13.2 Å². The number of methoxy groups -OCH3 is 1. The first kappa shape index (κ1) is 19.2. The molecular formula is C21H18N2O4S2. The van der Waals surface area contributed by atoms with Crippen LogP contribution < -0.4 is 14.2 Å². The molecule has 148 valence electrons. The fourth-order valence-corrected chi connectivity index (χ4v) is 5.00. The van der Waals surface area contributed by atoms with E-state index in [1.807, 2.05) is 34.3 Å². The third-order valence-corrected chi connectivity index (χ3v) is 6.80. The van der Waals surface area contributed by atoms with E-state index in [9.17, 15) is 13.2 Å². The van der Waals surface area contributed by atoms with Crippen LogP contribution in [-0.2, 0) is 16.6 Å². The zero-order valence-electron chi connectivity index (χ0n) is 15.5. The van der Waals surface area contributed by atoms with Crippen LogP contribution in [-0.4, -0.2) is 19.5 Å². The van der Waals surface area contributed by atoms with Gasteiger partial charge in [-0.05, 0) is 59.6 Å². The predicted octanol–water partition coefficient (Wildman–Crippen LogP) is 3.92. The van der Waals surface area contributed by atoms with Crippen molar-refractivity contribution in [1.82, 2.24) is 3.96 Å². The second-order valence-corrected chi connectivity index (χ2v) is 9.09. The molecule has 1 heterocycles. The van der Waals surface area contributed by atoms with Crippen molar-refractivity contribution in [3.05, 3.63) is 87.9 Å². The van der Waals surface area contributed by atoms with Crippen LogP contribution in [0.1, 0.15) is 5.56 Å². The van der Waals surface area contributed by atoms with Crippen molar-refractivity contribution in [3.8, 4) is 5.75 Å². The second kappa shape index (κ2) is 7.73. The van der Waals surface area contributed by atoms with Gasteiger partial charge in [0.15, 0.2) is 0 Å². The first-order valence-corrected chi connectivity index (χ1v) is 11.1. The topological polar surface area (TPSA) is 77.4 Å². The summed E-state index contributed by atoms with van der Waals surface area (Å²) in [4.78, 5) is 12.6. The summed E-state index contributed by atoms with van der Waals surface area (Å²) in [5.74, 6) is 0.572. The summed E-state index contributed by atoms with van der Waals surface area (Å²) >= 11 is 1.12. The molecule has 29 heavy (non-hydrogen) atoms. The minimum Gasteiger partial charge on any atom is -0.497 e. The van der Waals surface area contributed by atoms with Crippen LogP contribution in [0.2, 0.25) is 0 Å². The average molecular weight is 427 g/mol. The van der Waals surface area contributed by atoms with E-state index in [0.29, 0.717) is 23.4 Å². The zero-order chi connectivity index (χ0) is 20.4. The van der Waals surface area contributed by atoms with Crippen LogP contribution in [0, 0.1) is 0 Å². The Morgan fingerprint density at radius 1 is 1.00 bits per heavy atom. The number of nitrogens with one attached hydrogen (secondary N) is 1. The molecule has 0 fully saturated rings. The normalized spacial score (nSPS) is 11.5. The van der Waals surface area contributed by atoms with Crippen LogP contribution >= 0.6 is 11.5 Å². The van der Waals surface area contributed by atoms with E-state index in [1.54, 1.807) is 30.3 Å². The van der Waals surface area contributed by atoms with Gasteiger partial charge in [-0.2, -0.15) is 0 Å². The first-order chi connectivity index (χ1) is 14.0. The molecule has 0 aliphatic heterocycles. The fourth-order valence-electron chi connectivity index (χ4n) is 3.01. The van der Waals surface area contributed by atoms with Gasteiger partial charge in [-0.1, -0.05) is 30.3 Å². The lowest BCUT2D eigenvalue weighted by Gasteiger charge is -2.09. The van der Waals surface area contributed by atoms with Crippen molar-refractivity contribution in [2.45, 2.75) is 11.4 Å². The SMILES string of the molecule is COc1ccc(S(=O)(=O)Nc2ccc3c(c2)c(=O)sn3Cc2ccccc2)cc1. The molecule has 4 rings (SSSR count). The Labute approximate surface area is 172 Å². The number of anilines is 1. The van der Waals surface area contributed by atoms with Gasteiger partial charge in [0.25, 0.3) is 14.8 Å². The van der Waals surface area contributed by atoms with Gasteiger partial charge in [0, 0.05) is 5.69 Å². The maximum atomic E-state index is 12.6. The fraction of sp³-hybridized carbons (Fsp3) is 0.0952. The highest BCUT2D eigenvalue weighted by atomic mass is 32.2. The summed E-state index contributed by atoms with van der Waals surface area (Å²) in [6.45, 7) is 0.584. The number of hydrogen-bond donors (Lipinski definition) is 1. The Balaban J connectivity index is 1.63. The number of aromatic nitrogens is 1. The van der Waals surface area contributed by atoms with Crippen molar-refractivity contribution in [2.75, 3.05) is 11.8 Å². The Bertz CT molecular complexity index is 1310. The number of nitrogens with zero attached hydrogens (tertiary/aromatic N) is 1. The van der Waals surface area contributed by atoms with Crippen molar-refractivity contribution in [3.63, 3.8) is 0 Å². The number of fused-ring (bicyclic) bond motifs is 1. The molecular weight excluding hydrogens is 408 g/mol. The number of sulfonamides is 1. The molecule has 4 aromatic rings. The highest BCUT2D eigenvalue weighted by molar-refractivity contribution is 7.92. The lowest BCUT2D eigenvalue weighted by atomic mass is 10.2. The number of ether oxygens (including phenoxy) is 1.